The van der Waals surface area contributed by atoms with Crippen LogP contribution in [0.5, 0.6) is 0 Å². The van der Waals surface area contributed by atoms with Gasteiger partial charge in [0.25, 0.3) is 10.0 Å². The molecule has 3 saturated heterocycles. The van der Waals surface area contributed by atoms with Gasteiger partial charge >= 0.3 is 0 Å². The van der Waals surface area contributed by atoms with E-state index >= 15 is 0 Å². The molecule has 1 amide bonds. The molecule has 1 aromatic rings. The Balaban J connectivity index is 1.29. The lowest BCUT2D eigenvalue weighted by Crippen LogP contribution is -2.50. The zero-order valence-electron chi connectivity index (χ0n) is 16.9. The summed E-state index contributed by atoms with van der Waals surface area (Å²) in [4.78, 5) is 17.5. The van der Waals surface area contributed by atoms with E-state index in [1.165, 1.54) is 0 Å². The van der Waals surface area contributed by atoms with Crippen LogP contribution in [0.2, 0.25) is 0 Å². The minimum atomic E-state index is -3.66. The van der Waals surface area contributed by atoms with Crippen molar-refractivity contribution < 1.29 is 22.7 Å². The first-order chi connectivity index (χ1) is 14.5. The number of amides is 1. The van der Waals surface area contributed by atoms with Gasteiger partial charge in [-0.15, -0.1) is 4.40 Å². The topological polar surface area (TPSA) is 88.5 Å². The summed E-state index contributed by atoms with van der Waals surface area (Å²) in [6.45, 7) is 3.88. The van der Waals surface area contributed by atoms with Crippen molar-refractivity contribution in [2.24, 2.45) is 16.2 Å². The molecule has 0 spiro atoms. The number of hydrogen-bond acceptors (Lipinski definition) is 6. The maximum absolute atomic E-state index is 13.3. The van der Waals surface area contributed by atoms with Crippen molar-refractivity contribution in [3.8, 4) is 0 Å². The Morgan fingerprint density at radius 2 is 1.80 bits per heavy atom. The maximum Gasteiger partial charge on any atom is 0.285 e. The molecule has 0 N–H and O–H groups in total. The Bertz CT molecular complexity index is 957. The monoisotopic (exact) mass is 433 g/mol. The third-order valence-electron chi connectivity index (χ3n) is 6.48. The highest BCUT2D eigenvalue weighted by molar-refractivity contribution is 7.90. The lowest BCUT2D eigenvalue weighted by molar-refractivity contribution is -0.144. The third-order valence-corrected chi connectivity index (χ3v) is 7.81. The Kier molecular flexibility index (Phi) is 5.28. The van der Waals surface area contributed by atoms with E-state index in [1.807, 2.05) is 15.9 Å². The Hall–Kier alpha value is -1.97. The number of carbonyl (C=O) groups is 1. The molecule has 4 heterocycles. The van der Waals surface area contributed by atoms with Crippen molar-refractivity contribution in [1.29, 1.82) is 0 Å². The Labute approximate surface area is 176 Å². The molecule has 3 fully saturated rings. The number of carbonyl (C=O) groups excluding carboxylic acids is 1. The highest BCUT2D eigenvalue weighted by atomic mass is 32.2. The van der Waals surface area contributed by atoms with Gasteiger partial charge in [0.05, 0.1) is 19.1 Å². The summed E-state index contributed by atoms with van der Waals surface area (Å²) in [6.07, 6.45) is 3.42. The average Bonchev–Trinajstić information content (AvgIpc) is 3.41. The van der Waals surface area contributed by atoms with Gasteiger partial charge < -0.3 is 19.3 Å². The van der Waals surface area contributed by atoms with E-state index in [1.54, 1.807) is 18.2 Å². The third kappa shape index (κ3) is 3.63. The molecule has 2 unspecified atom stereocenters. The summed E-state index contributed by atoms with van der Waals surface area (Å²) >= 11 is 0. The molecule has 5 rings (SSSR count). The number of hydrogen-bond donors (Lipinski definition) is 0. The highest BCUT2D eigenvalue weighted by Crippen LogP contribution is 2.31. The van der Waals surface area contributed by atoms with E-state index < -0.39 is 10.0 Å². The molecule has 4 aliphatic rings. The van der Waals surface area contributed by atoms with Gasteiger partial charge in [-0.1, -0.05) is 12.1 Å². The molecule has 4 aliphatic heterocycles. The minimum absolute atomic E-state index is 0.150. The van der Waals surface area contributed by atoms with Crippen LogP contribution in [0.25, 0.3) is 0 Å². The molecule has 0 aliphatic carbocycles. The average molecular weight is 434 g/mol. The van der Waals surface area contributed by atoms with Crippen LogP contribution in [0.3, 0.4) is 0 Å². The van der Waals surface area contributed by atoms with Crippen molar-refractivity contribution in [2.45, 2.75) is 36.9 Å². The number of likely N-dealkylation sites (tertiary alicyclic amines) is 2. The van der Waals surface area contributed by atoms with Gasteiger partial charge in [0.1, 0.15) is 4.90 Å². The molecule has 162 valence electrons. The lowest BCUT2D eigenvalue weighted by atomic mass is 9.92. The van der Waals surface area contributed by atoms with Gasteiger partial charge in [0.2, 0.25) is 5.91 Å². The van der Waals surface area contributed by atoms with Crippen molar-refractivity contribution >= 4 is 21.8 Å². The smallest absolute Gasteiger partial charge is 0.285 e. The molecule has 0 aromatic heterocycles. The number of ether oxygens (including phenoxy) is 2. The number of sulfonamides is 1. The van der Waals surface area contributed by atoms with Gasteiger partial charge in [-0.05, 0) is 37.8 Å². The molecule has 0 saturated carbocycles. The first kappa shape index (κ1) is 20.0. The van der Waals surface area contributed by atoms with Crippen molar-refractivity contribution in [3.63, 3.8) is 0 Å². The standard InChI is InChI=1S/C21H27N3O5S/c25-20(24-10-4-6-16(14-24)21-28-11-12-29-21)15-5-3-9-23(13-15)19-17-7-1-2-8-18(17)30(26,27)22-19/h1-2,7-8,15-16,21H,3-6,9-14H2. The summed E-state index contributed by atoms with van der Waals surface area (Å²) in [5, 5.41) is 0. The summed E-state index contributed by atoms with van der Waals surface area (Å²) in [7, 11) is -3.66. The van der Waals surface area contributed by atoms with Crippen molar-refractivity contribution in [2.75, 3.05) is 39.4 Å². The van der Waals surface area contributed by atoms with Crippen LogP contribution >= 0.6 is 0 Å². The summed E-state index contributed by atoms with van der Waals surface area (Å²) in [5.74, 6) is 0.701. The van der Waals surface area contributed by atoms with E-state index in [0.29, 0.717) is 44.2 Å². The van der Waals surface area contributed by atoms with Gasteiger partial charge in [-0.25, -0.2) is 0 Å². The summed E-state index contributed by atoms with van der Waals surface area (Å²) < 4.78 is 40.2. The van der Waals surface area contributed by atoms with E-state index in [9.17, 15) is 13.2 Å². The quantitative estimate of drug-likeness (QED) is 0.702. The van der Waals surface area contributed by atoms with E-state index in [-0.39, 0.29) is 28.9 Å². The zero-order chi connectivity index (χ0) is 20.7. The number of benzene rings is 1. The van der Waals surface area contributed by atoms with Crippen LogP contribution < -0.4 is 0 Å². The number of amidine groups is 1. The fourth-order valence-corrected chi connectivity index (χ4v) is 6.25. The van der Waals surface area contributed by atoms with Gasteiger partial charge in [-0.3, -0.25) is 4.79 Å². The first-order valence-electron chi connectivity index (χ1n) is 10.7. The predicted octanol–water partition coefficient (Wildman–Crippen LogP) is 1.46. The van der Waals surface area contributed by atoms with Gasteiger partial charge in [-0.2, -0.15) is 8.42 Å². The molecule has 0 bridgehead atoms. The van der Waals surface area contributed by atoms with Crippen LogP contribution in [0, 0.1) is 11.8 Å². The normalized spacial score (nSPS) is 29.0. The Morgan fingerprint density at radius 3 is 2.63 bits per heavy atom. The molecular formula is C21H27N3O5S. The number of rotatable bonds is 2. The number of piperidine rings is 2. The molecule has 8 nitrogen and oxygen atoms in total. The second kappa shape index (κ2) is 7.94. The van der Waals surface area contributed by atoms with Crippen LogP contribution in [0.1, 0.15) is 31.2 Å². The van der Waals surface area contributed by atoms with Crippen LogP contribution in [-0.4, -0.2) is 75.6 Å². The SMILES string of the molecule is O=C(C1CCCN(C2=NS(=O)(=O)c3ccccc32)C1)N1CCCC(C2OCCO2)C1. The van der Waals surface area contributed by atoms with Gasteiger partial charge in [0, 0.05) is 37.7 Å². The fraction of sp³-hybridized carbons (Fsp3) is 0.619. The Morgan fingerprint density at radius 1 is 1.03 bits per heavy atom. The van der Waals surface area contributed by atoms with E-state index in [0.717, 1.165) is 32.2 Å². The van der Waals surface area contributed by atoms with Crippen LogP contribution in [0.4, 0.5) is 0 Å². The van der Waals surface area contributed by atoms with E-state index in [4.69, 9.17) is 9.47 Å². The number of fused-ring (bicyclic) bond motifs is 1. The molecule has 1 aromatic carbocycles. The number of nitrogens with zero attached hydrogens (tertiary/aromatic N) is 3. The fourth-order valence-electron chi connectivity index (χ4n) is 5.03. The predicted molar refractivity (Wildman–Crippen MR) is 109 cm³/mol. The molecular weight excluding hydrogens is 406 g/mol. The second-order valence-corrected chi connectivity index (χ2v) is 10.0. The largest absolute Gasteiger partial charge is 0.355 e. The highest BCUT2D eigenvalue weighted by Gasteiger charge is 2.38. The van der Waals surface area contributed by atoms with Crippen molar-refractivity contribution in [1.82, 2.24) is 9.80 Å². The molecule has 30 heavy (non-hydrogen) atoms. The maximum atomic E-state index is 13.3. The van der Waals surface area contributed by atoms with E-state index in [2.05, 4.69) is 4.40 Å². The van der Waals surface area contributed by atoms with Crippen molar-refractivity contribution in [3.05, 3.63) is 29.8 Å². The van der Waals surface area contributed by atoms with Crippen LogP contribution in [-0.2, 0) is 24.3 Å². The zero-order valence-corrected chi connectivity index (χ0v) is 17.7. The summed E-state index contributed by atoms with van der Waals surface area (Å²) in [5.41, 5.74) is 0.638. The van der Waals surface area contributed by atoms with Gasteiger partial charge in [0.15, 0.2) is 12.1 Å². The molecule has 9 heteroatoms. The molecule has 0 radical (unpaired) electrons. The second-order valence-electron chi connectivity index (χ2n) is 8.47. The lowest BCUT2D eigenvalue weighted by Gasteiger charge is -2.39. The minimum Gasteiger partial charge on any atom is -0.355 e. The van der Waals surface area contributed by atoms with Crippen LogP contribution in [0.15, 0.2) is 33.6 Å². The summed E-state index contributed by atoms with van der Waals surface area (Å²) in [6, 6.07) is 6.92. The first-order valence-corrected chi connectivity index (χ1v) is 12.2. The molecule has 2 atom stereocenters.